The van der Waals surface area contributed by atoms with Gasteiger partial charge in [-0.1, -0.05) is 41.6 Å². The topological polar surface area (TPSA) is 78.5 Å². The molecule has 1 heterocycles. The van der Waals surface area contributed by atoms with Crippen LogP contribution in [-0.2, 0) is 9.59 Å². The van der Waals surface area contributed by atoms with Crippen LogP contribution in [0.2, 0.25) is 5.02 Å². The molecule has 4 aromatic rings. The highest BCUT2D eigenvalue weighted by Crippen LogP contribution is 2.38. The van der Waals surface area contributed by atoms with Crippen molar-refractivity contribution in [2.75, 3.05) is 15.5 Å². The summed E-state index contributed by atoms with van der Waals surface area (Å²) in [6.45, 7) is 0. The van der Waals surface area contributed by atoms with Crippen LogP contribution in [-0.4, -0.2) is 17.7 Å². The molecule has 5 rings (SSSR count). The van der Waals surface area contributed by atoms with Crippen molar-refractivity contribution in [3.05, 3.63) is 130 Å². The number of nitrogens with zero attached hydrogens (tertiary/aromatic N) is 1. The minimum Gasteiger partial charge on any atom is -0.350 e. The number of hydrogen-bond donors (Lipinski definition) is 2. The predicted octanol–water partition coefficient (Wildman–Crippen LogP) is 6.86. The SMILES string of the molecule is O=C(Nc1cccc(SC2=C(Nc3ccc(F)cc3)C(=O)N(c3ccc(F)cc3)C2=O)c1)c1ccccc1Cl. The lowest BCUT2D eigenvalue weighted by molar-refractivity contribution is -0.120. The standard InChI is InChI=1S/C29H18ClF2N3O3S/c30-24-7-2-1-6-23(24)27(36)34-20-4-3-5-22(16-20)39-26-25(33-19-12-8-17(31)9-13-19)28(37)35(29(26)38)21-14-10-18(32)11-15-21/h1-16,33H,(H,34,36). The maximum atomic E-state index is 13.5. The van der Waals surface area contributed by atoms with Crippen LogP contribution in [0.25, 0.3) is 0 Å². The molecule has 0 aliphatic carbocycles. The van der Waals surface area contributed by atoms with E-state index in [1.54, 1.807) is 48.5 Å². The van der Waals surface area contributed by atoms with E-state index in [0.29, 0.717) is 26.9 Å². The van der Waals surface area contributed by atoms with Crippen molar-refractivity contribution in [1.29, 1.82) is 0 Å². The van der Waals surface area contributed by atoms with E-state index in [-0.39, 0.29) is 16.3 Å². The third-order valence-electron chi connectivity index (χ3n) is 5.67. The molecule has 10 heteroatoms. The molecule has 0 fully saturated rings. The number of hydrogen-bond acceptors (Lipinski definition) is 5. The zero-order valence-electron chi connectivity index (χ0n) is 20.0. The Hall–Kier alpha value is -4.47. The van der Waals surface area contributed by atoms with Gasteiger partial charge in [-0.15, -0.1) is 0 Å². The normalized spacial score (nSPS) is 13.2. The van der Waals surface area contributed by atoms with Crippen LogP contribution >= 0.6 is 23.4 Å². The summed E-state index contributed by atoms with van der Waals surface area (Å²) in [6.07, 6.45) is 0. The Morgan fingerprint density at radius 2 is 1.44 bits per heavy atom. The molecular weight excluding hydrogens is 544 g/mol. The summed E-state index contributed by atoms with van der Waals surface area (Å²) >= 11 is 7.14. The Bertz CT molecular complexity index is 1630. The number of anilines is 3. The lowest BCUT2D eigenvalue weighted by atomic mass is 10.2. The van der Waals surface area contributed by atoms with Crippen LogP contribution < -0.4 is 15.5 Å². The van der Waals surface area contributed by atoms with E-state index in [1.807, 2.05) is 0 Å². The molecule has 0 saturated heterocycles. The fourth-order valence-corrected chi connectivity index (χ4v) is 5.02. The van der Waals surface area contributed by atoms with Gasteiger partial charge in [0.15, 0.2) is 0 Å². The minimum atomic E-state index is -0.651. The number of carbonyl (C=O) groups is 3. The molecule has 4 aromatic carbocycles. The quantitative estimate of drug-likeness (QED) is 0.241. The lowest BCUT2D eigenvalue weighted by Crippen LogP contribution is -2.32. The molecular formula is C29H18ClF2N3O3S. The molecule has 1 aliphatic rings. The van der Waals surface area contributed by atoms with E-state index in [1.165, 1.54) is 36.4 Å². The Kier molecular flexibility index (Phi) is 7.44. The average Bonchev–Trinajstić information content (AvgIpc) is 3.15. The number of nitrogens with one attached hydrogen (secondary N) is 2. The third-order valence-corrected chi connectivity index (χ3v) is 7.07. The van der Waals surface area contributed by atoms with E-state index in [9.17, 15) is 23.2 Å². The summed E-state index contributed by atoms with van der Waals surface area (Å²) in [5.74, 6) is -2.65. The van der Waals surface area contributed by atoms with Gasteiger partial charge in [0, 0.05) is 16.3 Å². The second kappa shape index (κ2) is 11.1. The fourth-order valence-electron chi connectivity index (χ4n) is 3.82. The van der Waals surface area contributed by atoms with Crippen molar-refractivity contribution in [2.45, 2.75) is 4.90 Å². The van der Waals surface area contributed by atoms with Gasteiger partial charge in [-0.2, -0.15) is 0 Å². The third kappa shape index (κ3) is 5.69. The highest BCUT2D eigenvalue weighted by molar-refractivity contribution is 8.04. The Balaban J connectivity index is 1.46. The van der Waals surface area contributed by atoms with Crippen molar-refractivity contribution in [1.82, 2.24) is 0 Å². The highest BCUT2D eigenvalue weighted by atomic mass is 35.5. The number of rotatable bonds is 7. The molecule has 0 bridgehead atoms. The molecule has 0 radical (unpaired) electrons. The van der Waals surface area contributed by atoms with E-state index in [0.717, 1.165) is 28.8 Å². The molecule has 0 atom stereocenters. The van der Waals surface area contributed by atoms with Gasteiger partial charge in [-0.25, -0.2) is 13.7 Å². The first-order valence-corrected chi connectivity index (χ1v) is 12.7. The van der Waals surface area contributed by atoms with Crippen LogP contribution in [0.15, 0.2) is 113 Å². The average molecular weight is 562 g/mol. The van der Waals surface area contributed by atoms with Gasteiger partial charge >= 0.3 is 0 Å². The summed E-state index contributed by atoms with van der Waals surface area (Å²) in [5.41, 5.74) is 1.32. The molecule has 0 spiro atoms. The van der Waals surface area contributed by atoms with E-state index >= 15 is 0 Å². The molecule has 0 aromatic heterocycles. The summed E-state index contributed by atoms with van der Waals surface area (Å²) in [7, 11) is 0. The highest BCUT2D eigenvalue weighted by Gasteiger charge is 2.40. The van der Waals surface area contributed by atoms with Gasteiger partial charge in [-0.05, 0) is 78.9 Å². The molecule has 0 unspecified atom stereocenters. The molecule has 0 saturated carbocycles. The molecule has 2 N–H and O–H groups in total. The Morgan fingerprint density at radius 1 is 0.769 bits per heavy atom. The molecule has 1 aliphatic heterocycles. The summed E-state index contributed by atoms with van der Waals surface area (Å²) in [5, 5.41) is 6.01. The Labute approximate surface area is 231 Å². The minimum absolute atomic E-state index is 0.0218. The zero-order valence-corrected chi connectivity index (χ0v) is 21.5. The van der Waals surface area contributed by atoms with Crippen molar-refractivity contribution < 1.29 is 23.2 Å². The van der Waals surface area contributed by atoms with Gasteiger partial charge < -0.3 is 10.6 Å². The largest absolute Gasteiger partial charge is 0.350 e. The van der Waals surface area contributed by atoms with Gasteiger partial charge in [0.1, 0.15) is 22.2 Å². The van der Waals surface area contributed by atoms with Crippen LogP contribution in [0, 0.1) is 11.6 Å². The van der Waals surface area contributed by atoms with Gasteiger partial charge in [0.25, 0.3) is 17.7 Å². The zero-order chi connectivity index (χ0) is 27.5. The molecule has 194 valence electrons. The van der Waals surface area contributed by atoms with E-state index in [4.69, 9.17) is 11.6 Å². The van der Waals surface area contributed by atoms with Crippen LogP contribution in [0.1, 0.15) is 10.4 Å². The number of thioether (sulfide) groups is 1. The van der Waals surface area contributed by atoms with E-state index < -0.39 is 29.4 Å². The smallest absolute Gasteiger partial charge is 0.283 e. The van der Waals surface area contributed by atoms with Gasteiger partial charge in [-0.3, -0.25) is 14.4 Å². The summed E-state index contributed by atoms with van der Waals surface area (Å²) in [4.78, 5) is 41.2. The second-order valence-corrected chi connectivity index (χ2v) is 9.81. The lowest BCUT2D eigenvalue weighted by Gasteiger charge is -2.15. The monoisotopic (exact) mass is 561 g/mol. The van der Waals surface area contributed by atoms with Crippen molar-refractivity contribution >= 4 is 58.1 Å². The van der Waals surface area contributed by atoms with E-state index in [2.05, 4.69) is 10.6 Å². The van der Waals surface area contributed by atoms with Crippen molar-refractivity contribution in [2.24, 2.45) is 0 Å². The summed E-state index contributed by atoms with van der Waals surface area (Å²) < 4.78 is 26.9. The van der Waals surface area contributed by atoms with Crippen molar-refractivity contribution in [3.63, 3.8) is 0 Å². The van der Waals surface area contributed by atoms with Gasteiger partial charge in [0.05, 0.1) is 16.3 Å². The number of amides is 3. The number of benzene rings is 4. The first kappa shape index (κ1) is 26.1. The molecule has 39 heavy (non-hydrogen) atoms. The molecule has 3 amide bonds. The first-order chi connectivity index (χ1) is 18.8. The van der Waals surface area contributed by atoms with Crippen molar-refractivity contribution in [3.8, 4) is 0 Å². The van der Waals surface area contributed by atoms with Crippen LogP contribution in [0.3, 0.4) is 0 Å². The maximum absolute atomic E-state index is 13.5. The number of carbonyl (C=O) groups excluding carboxylic acids is 3. The summed E-state index contributed by atoms with van der Waals surface area (Å²) in [6, 6.07) is 23.7. The van der Waals surface area contributed by atoms with Crippen LogP contribution in [0.5, 0.6) is 0 Å². The number of halogens is 3. The number of imide groups is 1. The molecule has 6 nitrogen and oxygen atoms in total. The second-order valence-electron chi connectivity index (χ2n) is 8.32. The van der Waals surface area contributed by atoms with Crippen LogP contribution in [0.4, 0.5) is 25.8 Å². The first-order valence-electron chi connectivity index (χ1n) is 11.5. The fraction of sp³-hybridized carbons (Fsp3) is 0. The Morgan fingerprint density at radius 3 is 2.13 bits per heavy atom. The van der Waals surface area contributed by atoms with Gasteiger partial charge in [0.2, 0.25) is 0 Å². The predicted molar refractivity (Wildman–Crippen MR) is 148 cm³/mol. The maximum Gasteiger partial charge on any atom is 0.283 e.